The summed E-state index contributed by atoms with van der Waals surface area (Å²) in [6.07, 6.45) is 1.45. The van der Waals surface area contributed by atoms with E-state index < -0.39 is 0 Å². The first kappa shape index (κ1) is 23.5. The molecule has 0 amide bonds. The standard InChI is InChI=1S/C22H23N7O4S.ClH/c1-2-28-25-19(24-26-28)11-27-15-10-18(13-3-4-16-17(9-13)33-12-32-16)34-20(15)21(30)29(22(27)31)14-5-7-23-8-6-14;/h3-4,9-10,14,23H,2,5-8,11-12H2,1H3;1H. The summed E-state index contributed by atoms with van der Waals surface area (Å²) in [5.74, 6) is 1.79. The van der Waals surface area contributed by atoms with Gasteiger partial charge in [-0.2, -0.15) is 4.80 Å². The highest BCUT2D eigenvalue weighted by atomic mass is 35.5. The van der Waals surface area contributed by atoms with Crippen LogP contribution in [0.25, 0.3) is 20.7 Å². The van der Waals surface area contributed by atoms with Gasteiger partial charge < -0.3 is 14.8 Å². The Morgan fingerprint density at radius 2 is 1.94 bits per heavy atom. The number of aromatic nitrogens is 6. The third-order valence-corrected chi connectivity index (χ3v) is 7.42. The predicted octanol–water partition coefficient (Wildman–Crippen LogP) is 2.02. The van der Waals surface area contributed by atoms with Gasteiger partial charge in [0.25, 0.3) is 5.56 Å². The number of nitrogens with zero attached hydrogens (tertiary/aromatic N) is 6. The fraction of sp³-hybridized carbons (Fsp3) is 0.409. The van der Waals surface area contributed by atoms with Crippen LogP contribution in [0, 0.1) is 0 Å². The highest BCUT2D eigenvalue weighted by molar-refractivity contribution is 7.22. The molecule has 0 aliphatic carbocycles. The topological polar surface area (TPSA) is 118 Å². The molecule has 1 saturated heterocycles. The van der Waals surface area contributed by atoms with Crippen molar-refractivity contribution in [3.8, 4) is 21.9 Å². The summed E-state index contributed by atoms with van der Waals surface area (Å²) in [6, 6.07) is 7.43. The number of fused-ring (bicyclic) bond motifs is 2. The largest absolute Gasteiger partial charge is 0.454 e. The van der Waals surface area contributed by atoms with Crippen LogP contribution < -0.4 is 26.0 Å². The molecule has 13 heteroatoms. The molecule has 0 radical (unpaired) electrons. The fourth-order valence-corrected chi connectivity index (χ4v) is 5.61. The number of tetrazole rings is 1. The average molecular weight is 518 g/mol. The van der Waals surface area contributed by atoms with E-state index in [-0.39, 0.29) is 43.0 Å². The summed E-state index contributed by atoms with van der Waals surface area (Å²) in [5.41, 5.74) is 0.885. The summed E-state index contributed by atoms with van der Waals surface area (Å²) in [5, 5.41) is 15.8. The number of piperidine rings is 1. The maximum atomic E-state index is 13.7. The number of benzene rings is 1. The van der Waals surface area contributed by atoms with Crippen molar-refractivity contribution in [3.63, 3.8) is 0 Å². The molecule has 1 aromatic carbocycles. The molecule has 184 valence electrons. The van der Waals surface area contributed by atoms with E-state index in [0.29, 0.717) is 34.1 Å². The zero-order chi connectivity index (χ0) is 23.2. The van der Waals surface area contributed by atoms with Crippen LogP contribution >= 0.6 is 23.7 Å². The Morgan fingerprint density at radius 1 is 1.14 bits per heavy atom. The Hall–Kier alpha value is -3.22. The lowest BCUT2D eigenvalue weighted by Gasteiger charge is -2.24. The van der Waals surface area contributed by atoms with Crippen LogP contribution in [0.2, 0.25) is 0 Å². The Kier molecular flexibility index (Phi) is 6.34. The van der Waals surface area contributed by atoms with Crippen molar-refractivity contribution in [3.05, 3.63) is 50.9 Å². The van der Waals surface area contributed by atoms with Crippen molar-refractivity contribution >= 4 is 34.0 Å². The number of rotatable bonds is 5. The third-order valence-electron chi connectivity index (χ3n) is 6.26. The molecular weight excluding hydrogens is 494 g/mol. The number of hydrogen-bond acceptors (Lipinski definition) is 9. The number of aryl methyl sites for hydroxylation is 1. The van der Waals surface area contributed by atoms with Gasteiger partial charge in [0.1, 0.15) is 4.70 Å². The van der Waals surface area contributed by atoms with Crippen molar-refractivity contribution in [1.82, 2.24) is 34.7 Å². The summed E-state index contributed by atoms with van der Waals surface area (Å²) in [4.78, 5) is 29.6. The van der Waals surface area contributed by atoms with Crippen LogP contribution in [0.5, 0.6) is 11.5 Å². The first-order valence-electron chi connectivity index (χ1n) is 11.3. The minimum absolute atomic E-state index is 0. The number of thiophene rings is 1. The normalized spacial score (nSPS) is 15.5. The summed E-state index contributed by atoms with van der Waals surface area (Å²) in [7, 11) is 0. The first-order chi connectivity index (χ1) is 16.6. The van der Waals surface area contributed by atoms with Crippen molar-refractivity contribution in [2.24, 2.45) is 0 Å². The fourth-order valence-electron chi connectivity index (χ4n) is 4.51. The molecule has 1 fully saturated rings. The molecule has 11 nitrogen and oxygen atoms in total. The van der Waals surface area contributed by atoms with E-state index in [2.05, 4.69) is 20.7 Å². The smallest absolute Gasteiger partial charge is 0.332 e. The van der Waals surface area contributed by atoms with Crippen LogP contribution in [0.15, 0.2) is 33.9 Å². The van der Waals surface area contributed by atoms with Crippen LogP contribution in [0.4, 0.5) is 0 Å². The van der Waals surface area contributed by atoms with Gasteiger partial charge >= 0.3 is 5.69 Å². The van der Waals surface area contributed by atoms with Gasteiger partial charge in [-0.05, 0) is 67.9 Å². The van der Waals surface area contributed by atoms with Crippen LogP contribution in [-0.2, 0) is 13.1 Å². The van der Waals surface area contributed by atoms with Gasteiger partial charge in [-0.3, -0.25) is 13.9 Å². The van der Waals surface area contributed by atoms with E-state index in [0.717, 1.165) is 36.4 Å². The molecule has 0 spiro atoms. The molecule has 0 bridgehead atoms. The molecule has 0 unspecified atom stereocenters. The van der Waals surface area contributed by atoms with E-state index in [1.807, 2.05) is 31.2 Å². The number of halogens is 1. The van der Waals surface area contributed by atoms with E-state index in [9.17, 15) is 9.59 Å². The molecule has 2 aliphatic rings. The molecule has 0 atom stereocenters. The predicted molar refractivity (Wildman–Crippen MR) is 133 cm³/mol. The van der Waals surface area contributed by atoms with Crippen molar-refractivity contribution in [2.75, 3.05) is 19.9 Å². The third kappa shape index (κ3) is 4.11. The van der Waals surface area contributed by atoms with E-state index >= 15 is 0 Å². The van der Waals surface area contributed by atoms with Crippen LogP contribution in [0.1, 0.15) is 31.6 Å². The van der Waals surface area contributed by atoms with Crippen molar-refractivity contribution in [2.45, 2.75) is 38.9 Å². The Balaban J connectivity index is 0.00000253. The van der Waals surface area contributed by atoms with Gasteiger partial charge in [0.2, 0.25) is 6.79 Å². The molecule has 0 saturated carbocycles. The Labute approximate surface area is 209 Å². The molecule has 6 rings (SSSR count). The second-order valence-electron chi connectivity index (χ2n) is 8.31. The highest BCUT2D eigenvalue weighted by Crippen LogP contribution is 2.39. The van der Waals surface area contributed by atoms with Gasteiger partial charge in [-0.1, -0.05) is 0 Å². The lowest BCUT2D eigenvalue weighted by molar-refractivity contribution is 0.174. The van der Waals surface area contributed by atoms with E-state index in [4.69, 9.17) is 9.47 Å². The Morgan fingerprint density at radius 3 is 2.71 bits per heavy atom. The van der Waals surface area contributed by atoms with Crippen LogP contribution in [-0.4, -0.2) is 49.2 Å². The summed E-state index contributed by atoms with van der Waals surface area (Å²) >= 11 is 1.38. The highest BCUT2D eigenvalue weighted by Gasteiger charge is 2.25. The summed E-state index contributed by atoms with van der Waals surface area (Å²) < 4.78 is 14.5. The number of nitrogens with one attached hydrogen (secondary N) is 1. The van der Waals surface area contributed by atoms with Gasteiger partial charge in [0.15, 0.2) is 17.3 Å². The molecule has 5 heterocycles. The zero-order valence-electron chi connectivity index (χ0n) is 19.0. The molecule has 3 aromatic heterocycles. The number of ether oxygens (including phenoxy) is 2. The minimum Gasteiger partial charge on any atom is -0.454 e. The van der Waals surface area contributed by atoms with Crippen LogP contribution in [0.3, 0.4) is 0 Å². The second-order valence-corrected chi connectivity index (χ2v) is 9.36. The van der Waals surface area contributed by atoms with Crippen molar-refractivity contribution in [1.29, 1.82) is 0 Å². The van der Waals surface area contributed by atoms with E-state index in [1.54, 1.807) is 4.57 Å². The lowest BCUT2D eigenvalue weighted by Crippen LogP contribution is -2.45. The molecular formula is C22H24ClN7O4S. The van der Waals surface area contributed by atoms with Gasteiger partial charge in [0, 0.05) is 10.9 Å². The average Bonchev–Trinajstić information content (AvgIpc) is 3.61. The van der Waals surface area contributed by atoms with Crippen molar-refractivity contribution < 1.29 is 9.47 Å². The monoisotopic (exact) mass is 517 g/mol. The van der Waals surface area contributed by atoms with Gasteiger partial charge in [-0.15, -0.1) is 33.9 Å². The zero-order valence-corrected chi connectivity index (χ0v) is 20.6. The molecule has 4 aromatic rings. The quantitative estimate of drug-likeness (QED) is 0.427. The maximum absolute atomic E-state index is 13.7. The SMILES string of the molecule is CCn1nnc(Cn2c(=O)n(C3CCNCC3)c(=O)c3sc(-c4ccc5c(c4)OCO5)cc32)n1.Cl. The first-order valence-corrected chi connectivity index (χ1v) is 12.1. The molecule has 35 heavy (non-hydrogen) atoms. The molecule has 1 N–H and O–H groups in total. The second kappa shape index (κ2) is 9.44. The Bertz CT molecular complexity index is 1500. The van der Waals surface area contributed by atoms with Gasteiger partial charge in [-0.25, -0.2) is 4.79 Å². The minimum atomic E-state index is -0.340. The van der Waals surface area contributed by atoms with E-state index in [1.165, 1.54) is 20.7 Å². The summed E-state index contributed by atoms with van der Waals surface area (Å²) in [6.45, 7) is 4.37. The molecule has 2 aliphatic heterocycles. The maximum Gasteiger partial charge on any atom is 0.332 e. The lowest BCUT2D eigenvalue weighted by atomic mass is 10.1. The number of hydrogen-bond donors (Lipinski definition) is 1. The van der Waals surface area contributed by atoms with Gasteiger partial charge in [0.05, 0.1) is 18.6 Å².